The molecule has 0 amide bonds. The molecule has 0 saturated heterocycles. The fourth-order valence-corrected chi connectivity index (χ4v) is 2.65. The van der Waals surface area contributed by atoms with Crippen molar-refractivity contribution in [2.45, 2.75) is 0 Å². The second kappa shape index (κ2) is 8.24. The van der Waals surface area contributed by atoms with Crippen molar-refractivity contribution in [1.29, 1.82) is 0 Å². The Morgan fingerprint density at radius 2 is 1.96 bits per heavy atom. The highest BCUT2D eigenvalue weighted by Gasteiger charge is 2.16. The van der Waals surface area contributed by atoms with E-state index in [0.717, 1.165) is 6.07 Å². The van der Waals surface area contributed by atoms with Gasteiger partial charge in [-0.1, -0.05) is 11.6 Å². The normalized spacial score (nSPS) is 10.8. The zero-order valence-corrected chi connectivity index (χ0v) is 15.4. The minimum atomic E-state index is -0.629. The molecule has 9 heteroatoms. The van der Waals surface area contributed by atoms with Crippen LogP contribution in [0.25, 0.3) is 10.9 Å². The van der Waals surface area contributed by atoms with Crippen LogP contribution in [0, 0.1) is 5.82 Å². The Morgan fingerprint density at radius 1 is 1.15 bits per heavy atom. The molecule has 0 aliphatic heterocycles. The van der Waals surface area contributed by atoms with Gasteiger partial charge in [0.15, 0.2) is 11.5 Å². The molecule has 27 heavy (non-hydrogen) atoms. The first-order chi connectivity index (χ1) is 13.0. The Bertz CT molecular complexity index is 971. The standard InChI is InChI=1S/C18H17ClFN3O4/c1-25-5-6-27-15-8-12-10(7-14(15)26-2)18(22-9-21-12)23-17-11(20)3-4-13(24)16(17)19/h3-4,7-9,24H,5-6H2,1-2H3,(H,21,22,23). The van der Waals surface area contributed by atoms with Gasteiger partial charge in [0, 0.05) is 18.6 Å². The van der Waals surface area contributed by atoms with Crippen molar-refractivity contribution in [2.75, 3.05) is 32.8 Å². The molecule has 2 aromatic carbocycles. The van der Waals surface area contributed by atoms with Gasteiger partial charge in [0.05, 0.1) is 24.9 Å². The number of phenolic OH excluding ortho intramolecular Hbond substituents is 1. The van der Waals surface area contributed by atoms with E-state index in [2.05, 4.69) is 15.3 Å². The third-order valence-electron chi connectivity index (χ3n) is 3.78. The van der Waals surface area contributed by atoms with Crippen LogP contribution in [0.3, 0.4) is 0 Å². The molecule has 0 radical (unpaired) electrons. The molecule has 0 bridgehead atoms. The van der Waals surface area contributed by atoms with Crippen molar-refractivity contribution in [3.8, 4) is 17.2 Å². The maximum Gasteiger partial charge on any atom is 0.163 e. The van der Waals surface area contributed by atoms with E-state index in [1.165, 1.54) is 19.5 Å². The van der Waals surface area contributed by atoms with Crippen LogP contribution in [0.15, 0.2) is 30.6 Å². The van der Waals surface area contributed by atoms with Crippen LogP contribution in [-0.2, 0) is 4.74 Å². The molecular weight excluding hydrogens is 377 g/mol. The molecule has 0 aliphatic rings. The fraction of sp³-hybridized carbons (Fsp3) is 0.222. The molecule has 0 unspecified atom stereocenters. The van der Waals surface area contributed by atoms with Crippen molar-refractivity contribution in [3.63, 3.8) is 0 Å². The molecule has 1 aromatic heterocycles. The zero-order valence-electron chi connectivity index (χ0n) is 14.6. The monoisotopic (exact) mass is 393 g/mol. The maximum absolute atomic E-state index is 14.1. The average Bonchev–Trinajstić information content (AvgIpc) is 2.68. The van der Waals surface area contributed by atoms with Gasteiger partial charge in [-0.3, -0.25) is 0 Å². The number of ether oxygens (including phenoxy) is 3. The number of hydrogen-bond acceptors (Lipinski definition) is 7. The van der Waals surface area contributed by atoms with Gasteiger partial charge in [-0.15, -0.1) is 0 Å². The number of anilines is 2. The molecule has 3 rings (SSSR count). The van der Waals surface area contributed by atoms with Gasteiger partial charge in [-0.2, -0.15) is 0 Å². The summed E-state index contributed by atoms with van der Waals surface area (Å²) in [5.74, 6) is 0.377. The summed E-state index contributed by atoms with van der Waals surface area (Å²) in [5, 5.41) is 12.9. The number of nitrogens with one attached hydrogen (secondary N) is 1. The molecule has 1 heterocycles. The first kappa shape index (κ1) is 18.9. The van der Waals surface area contributed by atoms with E-state index in [4.69, 9.17) is 25.8 Å². The van der Waals surface area contributed by atoms with E-state index in [1.807, 2.05) is 0 Å². The van der Waals surface area contributed by atoms with Crippen LogP contribution in [0.1, 0.15) is 0 Å². The number of halogens is 2. The van der Waals surface area contributed by atoms with E-state index in [9.17, 15) is 9.50 Å². The van der Waals surface area contributed by atoms with Gasteiger partial charge in [-0.25, -0.2) is 14.4 Å². The Morgan fingerprint density at radius 3 is 2.70 bits per heavy atom. The number of aromatic nitrogens is 2. The highest BCUT2D eigenvalue weighted by Crippen LogP contribution is 2.38. The SMILES string of the molecule is COCCOc1cc2ncnc(Nc3c(F)ccc(O)c3Cl)c2cc1OC. The number of phenols is 1. The lowest BCUT2D eigenvalue weighted by atomic mass is 10.2. The van der Waals surface area contributed by atoms with Gasteiger partial charge in [-0.05, 0) is 18.2 Å². The number of nitrogens with zero attached hydrogens (tertiary/aromatic N) is 2. The van der Waals surface area contributed by atoms with Crippen LogP contribution >= 0.6 is 11.6 Å². The Balaban J connectivity index is 2.03. The predicted molar refractivity (Wildman–Crippen MR) is 99.8 cm³/mol. The average molecular weight is 394 g/mol. The van der Waals surface area contributed by atoms with Gasteiger partial charge < -0.3 is 24.6 Å². The van der Waals surface area contributed by atoms with Crippen LogP contribution in [-0.4, -0.2) is 42.5 Å². The first-order valence-corrected chi connectivity index (χ1v) is 8.31. The van der Waals surface area contributed by atoms with Crippen LogP contribution in [0.4, 0.5) is 15.9 Å². The Kier molecular flexibility index (Phi) is 5.78. The predicted octanol–water partition coefficient (Wildman–Crippen LogP) is 3.91. The van der Waals surface area contributed by atoms with Crippen LogP contribution < -0.4 is 14.8 Å². The van der Waals surface area contributed by atoms with Gasteiger partial charge in [0.2, 0.25) is 0 Å². The minimum absolute atomic E-state index is 0.0870. The summed E-state index contributed by atoms with van der Waals surface area (Å²) >= 11 is 6.00. The summed E-state index contributed by atoms with van der Waals surface area (Å²) in [7, 11) is 3.09. The third kappa shape index (κ3) is 3.96. The minimum Gasteiger partial charge on any atom is -0.506 e. The molecule has 0 spiro atoms. The number of hydrogen-bond donors (Lipinski definition) is 2. The maximum atomic E-state index is 14.1. The molecule has 0 atom stereocenters. The molecule has 3 aromatic rings. The van der Waals surface area contributed by atoms with Crippen molar-refractivity contribution in [1.82, 2.24) is 9.97 Å². The largest absolute Gasteiger partial charge is 0.506 e. The van der Waals surface area contributed by atoms with E-state index in [0.29, 0.717) is 41.4 Å². The molecule has 2 N–H and O–H groups in total. The third-order valence-corrected chi connectivity index (χ3v) is 4.16. The zero-order chi connectivity index (χ0) is 19.4. The molecule has 0 fully saturated rings. The lowest BCUT2D eigenvalue weighted by molar-refractivity contribution is 0.144. The number of rotatable bonds is 7. The summed E-state index contributed by atoms with van der Waals surface area (Å²) in [5.41, 5.74) is 0.466. The van der Waals surface area contributed by atoms with Gasteiger partial charge >= 0.3 is 0 Å². The second-order valence-electron chi connectivity index (χ2n) is 5.46. The first-order valence-electron chi connectivity index (χ1n) is 7.93. The van der Waals surface area contributed by atoms with Gasteiger partial charge in [0.1, 0.15) is 35.3 Å². The molecular formula is C18H17ClFN3O4. The summed E-state index contributed by atoms with van der Waals surface area (Å²) in [4.78, 5) is 8.37. The summed E-state index contributed by atoms with van der Waals surface area (Å²) in [6.45, 7) is 0.770. The number of methoxy groups -OCH3 is 2. The smallest absolute Gasteiger partial charge is 0.163 e. The van der Waals surface area contributed by atoms with E-state index in [-0.39, 0.29) is 16.5 Å². The highest BCUT2D eigenvalue weighted by molar-refractivity contribution is 6.34. The topological polar surface area (TPSA) is 85.7 Å². The van der Waals surface area contributed by atoms with Crippen molar-refractivity contribution in [2.24, 2.45) is 0 Å². The second-order valence-corrected chi connectivity index (χ2v) is 5.84. The summed E-state index contributed by atoms with van der Waals surface area (Å²) < 4.78 is 30.1. The quantitative estimate of drug-likeness (QED) is 0.588. The summed E-state index contributed by atoms with van der Waals surface area (Å²) in [6.07, 6.45) is 1.32. The van der Waals surface area contributed by atoms with Crippen LogP contribution in [0.2, 0.25) is 5.02 Å². The molecule has 142 valence electrons. The lowest BCUT2D eigenvalue weighted by Crippen LogP contribution is -2.06. The van der Waals surface area contributed by atoms with Crippen molar-refractivity contribution >= 4 is 34.0 Å². The summed E-state index contributed by atoms with van der Waals surface area (Å²) in [6, 6.07) is 5.65. The molecule has 7 nitrogen and oxygen atoms in total. The Hall–Kier alpha value is -2.84. The number of fused-ring (bicyclic) bond motifs is 1. The molecule has 0 saturated carbocycles. The van der Waals surface area contributed by atoms with Crippen molar-refractivity contribution < 1.29 is 23.7 Å². The van der Waals surface area contributed by atoms with E-state index in [1.54, 1.807) is 19.2 Å². The highest BCUT2D eigenvalue weighted by atomic mass is 35.5. The fourth-order valence-electron chi connectivity index (χ4n) is 2.45. The van der Waals surface area contributed by atoms with E-state index < -0.39 is 5.82 Å². The lowest BCUT2D eigenvalue weighted by Gasteiger charge is -2.14. The number of aromatic hydroxyl groups is 1. The Labute approximate surface area is 159 Å². The van der Waals surface area contributed by atoms with Crippen LogP contribution in [0.5, 0.6) is 17.2 Å². The van der Waals surface area contributed by atoms with E-state index >= 15 is 0 Å². The molecule has 0 aliphatic carbocycles. The number of benzene rings is 2. The van der Waals surface area contributed by atoms with Crippen molar-refractivity contribution in [3.05, 3.63) is 41.4 Å². The van der Waals surface area contributed by atoms with Gasteiger partial charge in [0.25, 0.3) is 0 Å².